The Hall–Kier alpha value is -1.63. The lowest BCUT2D eigenvalue weighted by molar-refractivity contribution is 0.481. The highest BCUT2D eigenvalue weighted by Crippen LogP contribution is 2.41. The smallest absolute Gasteiger partial charge is 0.150 e. The summed E-state index contributed by atoms with van der Waals surface area (Å²) in [5.74, 6) is -0.970. The third-order valence-electron chi connectivity index (χ3n) is 3.22. The van der Waals surface area contributed by atoms with Gasteiger partial charge in [-0.15, -0.1) is 0 Å². The van der Waals surface area contributed by atoms with Crippen LogP contribution < -0.4 is 5.32 Å². The van der Waals surface area contributed by atoms with Crippen molar-refractivity contribution < 1.29 is 8.78 Å². The molecule has 0 amide bonds. The average molecular weight is 236 g/mol. The Labute approximate surface area is 99.3 Å². The molecule has 2 rings (SSSR count). The van der Waals surface area contributed by atoms with Crippen LogP contribution >= 0.6 is 0 Å². The van der Waals surface area contributed by atoms with Gasteiger partial charge in [-0.25, -0.2) is 8.78 Å². The van der Waals surface area contributed by atoms with Crippen molar-refractivity contribution >= 4 is 5.69 Å². The molecule has 0 unspecified atom stereocenters. The standard InChI is InChI=1S/C13H14F2N2/c1-13(2,9-3-4-9)17-12-10(14)5-8(7-16)6-11(12)15/h5-6,9,17H,3-4H2,1-2H3. The first-order valence-corrected chi connectivity index (χ1v) is 5.61. The van der Waals surface area contributed by atoms with Crippen molar-refractivity contribution in [1.29, 1.82) is 5.26 Å². The van der Waals surface area contributed by atoms with Crippen LogP contribution in [0.25, 0.3) is 0 Å². The highest BCUT2D eigenvalue weighted by molar-refractivity contribution is 5.52. The van der Waals surface area contributed by atoms with Gasteiger partial charge in [-0.05, 0) is 44.7 Å². The van der Waals surface area contributed by atoms with E-state index in [0.717, 1.165) is 25.0 Å². The molecule has 1 aromatic carbocycles. The second-order valence-corrected chi connectivity index (χ2v) is 5.05. The Morgan fingerprint density at radius 1 is 1.29 bits per heavy atom. The Morgan fingerprint density at radius 2 is 1.82 bits per heavy atom. The molecule has 1 aromatic rings. The van der Waals surface area contributed by atoms with Crippen LogP contribution in [0.2, 0.25) is 0 Å². The van der Waals surface area contributed by atoms with Gasteiger partial charge in [-0.2, -0.15) is 5.26 Å². The van der Waals surface area contributed by atoms with Crippen LogP contribution in [0.15, 0.2) is 12.1 Å². The summed E-state index contributed by atoms with van der Waals surface area (Å²) in [6.07, 6.45) is 2.17. The van der Waals surface area contributed by atoms with Crippen LogP contribution in [-0.2, 0) is 0 Å². The molecule has 1 aliphatic carbocycles. The van der Waals surface area contributed by atoms with Gasteiger partial charge in [0.1, 0.15) is 5.69 Å². The van der Waals surface area contributed by atoms with E-state index in [4.69, 9.17) is 5.26 Å². The van der Waals surface area contributed by atoms with Gasteiger partial charge in [0.25, 0.3) is 0 Å². The third-order valence-corrected chi connectivity index (χ3v) is 3.22. The monoisotopic (exact) mass is 236 g/mol. The fourth-order valence-corrected chi connectivity index (χ4v) is 1.99. The van der Waals surface area contributed by atoms with E-state index >= 15 is 0 Å². The van der Waals surface area contributed by atoms with Crippen molar-refractivity contribution in [3.05, 3.63) is 29.3 Å². The summed E-state index contributed by atoms with van der Waals surface area (Å²) < 4.78 is 27.3. The maximum atomic E-state index is 13.7. The van der Waals surface area contributed by atoms with Crippen LogP contribution in [0.5, 0.6) is 0 Å². The molecule has 0 heterocycles. The van der Waals surface area contributed by atoms with Crippen LogP contribution in [0.4, 0.5) is 14.5 Å². The van der Waals surface area contributed by atoms with Crippen molar-refractivity contribution in [2.24, 2.45) is 5.92 Å². The zero-order chi connectivity index (χ0) is 12.6. The predicted molar refractivity (Wildman–Crippen MR) is 61.5 cm³/mol. The molecule has 0 saturated heterocycles. The molecule has 0 aromatic heterocycles. The molecule has 1 N–H and O–H groups in total. The number of benzene rings is 1. The van der Waals surface area contributed by atoms with Crippen LogP contribution in [-0.4, -0.2) is 5.54 Å². The molecule has 90 valence electrons. The van der Waals surface area contributed by atoms with E-state index in [-0.39, 0.29) is 16.8 Å². The molecular formula is C13H14F2N2. The molecule has 0 bridgehead atoms. The minimum Gasteiger partial charge on any atom is -0.375 e. The van der Waals surface area contributed by atoms with E-state index in [1.165, 1.54) is 0 Å². The Bertz CT molecular complexity index is 462. The zero-order valence-electron chi connectivity index (χ0n) is 9.85. The highest BCUT2D eigenvalue weighted by atomic mass is 19.1. The second-order valence-electron chi connectivity index (χ2n) is 5.05. The first-order valence-electron chi connectivity index (χ1n) is 5.61. The molecule has 0 radical (unpaired) electrons. The summed E-state index contributed by atoms with van der Waals surface area (Å²) >= 11 is 0. The summed E-state index contributed by atoms with van der Waals surface area (Å²) in [5.41, 5.74) is -0.466. The lowest BCUT2D eigenvalue weighted by atomic mass is 9.98. The minimum atomic E-state index is -0.713. The van der Waals surface area contributed by atoms with Gasteiger partial charge in [-0.3, -0.25) is 0 Å². The van der Waals surface area contributed by atoms with E-state index in [1.54, 1.807) is 6.07 Å². The van der Waals surface area contributed by atoms with Gasteiger partial charge >= 0.3 is 0 Å². The van der Waals surface area contributed by atoms with Crippen molar-refractivity contribution in [2.45, 2.75) is 32.2 Å². The molecule has 1 saturated carbocycles. The fraction of sp³-hybridized carbons (Fsp3) is 0.462. The van der Waals surface area contributed by atoms with Gasteiger partial charge in [0.05, 0.1) is 11.6 Å². The summed E-state index contributed by atoms with van der Waals surface area (Å²) in [6.45, 7) is 3.86. The van der Waals surface area contributed by atoms with Crippen molar-refractivity contribution in [3.8, 4) is 6.07 Å². The largest absolute Gasteiger partial charge is 0.375 e. The van der Waals surface area contributed by atoms with E-state index in [9.17, 15) is 8.78 Å². The Balaban J connectivity index is 2.30. The summed E-state index contributed by atoms with van der Waals surface area (Å²) in [6, 6.07) is 3.83. The van der Waals surface area contributed by atoms with Crippen molar-refractivity contribution in [1.82, 2.24) is 0 Å². The minimum absolute atomic E-state index is 0.00484. The van der Waals surface area contributed by atoms with E-state index in [1.807, 2.05) is 13.8 Å². The lowest BCUT2D eigenvalue weighted by Gasteiger charge is -2.28. The first kappa shape index (κ1) is 11.8. The van der Waals surface area contributed by atoms with E-state index in [2.05, 4.69) is 5.32 Å². The molecular weight excluding hydrogens is 222 g/mol. The molecule has 17 heavy (non-hydrogen) atoms. The summed E-state index contributed by atoms with van der Waals surface area (Å²) in [5, 5.41) is 11.5. The fourth-order valence-electron chi connectivity index (χ4n) is 1.99. The van der Waals surface area contributed by atoms with Crippen LogP contribution in [0.3, 0.4) is 0 Å². The number of hydrogen-bond donors (Lipinski definition) is 1. The molecule has 1 fully saturated rings. The summed E-state index contributed by atoms with van der Waals surface area (Å²) in [7, 11) is 0. The Kier molecular flexibility index (Phi) is 2.78. The number of rotatable bonds is 3. The molecule has 0 spiro atoms. The van der Waals surface area contributed by atoms with Crippen LogP contribution in [0.1, 0.15) is 32.3 Å². The normalized spacial score (nSPS) is 15.5. The van der Waals surface area contributed by atoms with Gasteiger partial charge in [0, 0.05) is 5.54 Å². The van der Waals surface area contributed by atoms with Crippen molar-refractivity contribution in [3.63, 3.8) is 0 Å². The predicted octanol–water partition coefficient (Wildman–Crippen LogP) is 3.44. The zero-order valence-corrected chi connectivity index (χ0v) is 9.85. The molecule has 0 aliphatic heterocycles. The molecule has 2 nitrogen and oxygen atoms in total. The SMILES string of the molecule is CC(C)(Nc1c(F)cc(C#N)cc1F)C1CC1. The van der Waals surface area contributed by atoms with Gasteiger partial charge < -0.3 is 5.32 Å². The first-order chi connectivity index (χ1) is 7.94. The van der Waals surface area contributed by atoms with Gasteiger partial charge in [0.15, 0.2) is 11.6 Å². The maximum absolute atomic E-state index is 13.7. The highest BCUT2D eigenvalue weighted by Gasteiger charge is 2.38. The number of halogens is 2. The molecule has 1 aliphatic rings. The molecule has 0 atom stereocenters. The Morgan fingerprint density at radius 3 is 2.24 bits per heavy atom. The number of nitrogens with one attached hydrogen (secondary N) is 1. The van der Waals surface area contributed by atoms with Crippen molar-refractivity contribution in [2.75, 3.05) is 5.32 Å². The average Bonchev–Trinajstić information content (AvgIpc) is 3.06. The summed E-state index contributed by atoms with van der Waals surface area (Å²) in [4.78, 5) is 0. The number of nitriles is 1. The molecule has 4 heteroatoms. The van der Waals surface area contributed by atoms with E-state index < -0.39 is 11.6 Å². The van der Waals surface area contributed by atoms with Gasteiger partial charge in [0.2, 0.25) is 0 Å². The quantitative estimate of drug-likeness (QED) is 0.872. The van der Waals surface area contributed by atoms with E-state index in [0.29, 0.717) is 5.92 Å². The number of nitrogens with zero attached hydrogens (tertiary/aromatic N) is 1. The second kappa shape index (κ2) is 3.99. The topological polar surface area (TPSA) is 35.8 Å². The lowest BCUT2D eigenvalue weighted by Crippen LogP contribution is -2.34. The maximum Gasteiger partial charge on any atom is 0.150 e. The third kappa shape index (κ3) is 2.38. The van der Waals surface area contributed by atoms with Crippen LogP contribution in [0, 0.1) is 28.9 Å². The van der Waals surface area contributed by atoms with Gasteiger partial charge in [-0.1, -0.05) is 0 Å². The number of anilines is 1. The number of hydrogen-bond acceptors (Lipinski definition) is 2.